The largest absolute Gasteiger partial charge is 0.480 e. The van der Waals surface area contributed by atoms with Gasteiger partial charge in [-0.1, -0.05) is 6.07 Å². The van der Waals surface area contributed by atoms with Crippen molar-refractivity contribution in [3.8, 4) is 0 Å². The normalized spacial score (nSPS) is 23.5. The van der Waals surface area contributed by atoms with Crippen LogP contribution in [0.25, 0.3) is 0 Å². The van der Waals surface area contributed by atoms with Gasteiger partial charge in [-0.2, -0.15) is 13.2 Å². The van der Waals surface area contributed by atoms with Crippen LogP contribution >= 0.6 is 0 Å². The summed E-state index contributed by atoms with van der Waals surface area (Å²) in [5.41, 5.74) is 0.327. The van der Waals surface area contributed by atoms with Crippen molar-refractivity contribution in [2.45, 2.75) is 38.2 Å². The maximum atomic E-state index is 12.7. The fourth-order valence-corrected chi connectivity index (χ4v) is 2.55. The van der Waals surface area contributed by atoms with Crippen LogP contribution in [0.5, 0.6) is 0 Å². The molecule has 2 rings (SSSR count). The van der Waals surface area contributed by atoms with Crippen molar-refractivity contribution in [1.82, 2.24) is 4.90 Å². The molecule has 0 amide bonds. The lowest BCUT2D eigenvalue weighted by Crippen LogP contribution is -2.35. The van der Waals surface area contributed by atoms with Crippen LogP contribution in [0.3, 0.4) is 0 Å². The zero-order valence-corrected chi connectivity index (χ0v) is 11.4. The van der Waals surface area contributed by atoms with E-state index in [0.717, 1.165) is 12.1 Å². The molecule has 2 atom stereocenters. The Morgan fingerprint density at radius 1 is 1.43 bits per heavy atom. The highest BCUT2D eigenvalue weighted by Gasteiger charge is 2.36. The molecular weight excluding hydrogens is 287 g/mol. The minimum Gasteiger partial charge on any atom is -0.480 e. The molecular formula is C14H16F3NO3. The van der Waals surface area contributed by atoms with E-state index in [-0.39, 0.29) is 19.5 Å². The van der Waals surface area contributed by atoms with Crippen molar-refractivity contribution in [3.63, 3.8) is 0 Å². The van der Waals surface area contributed by atoms with E-state index in [2.05, 4.69) is 0 Å². The molecule has 1 aliphatic rings. The number of rotatable bonds is 3. The number of halogens is 3. The molecule has 0 aromatic heterocycles. The topological polar surface area (TPSA) is 60.8 Å². The zero-order chi connectivity index (χ0) is 15.8. The van der Waals surface area contributed by atoms with E-state index in [1.807, 2.05) is 0 Å². The Kier molecular flexibility index (Phi) is 4.25. The number of hydrogen-bond donors (Lipinski definition) is 2. The number of alkyl halides is 3. The van der Waals surface area contributed by atoms with Crippen LogP contribution < -0.4 is 0 Å². The molecule has 0 spiro atoms. The van der Waals surface area contributed by atoms with Crippen LogP contribution in [0.2, 0.25) is 0 Å². The molecule has 1 aromatic rings. The van der Waals surface area contributed by atoms with E-state index in [1.165, 1.54) is 11.0 Å². The number of likely N-dealkylation sites (tertiary alicyclic amines) is 1. The number of aliphatic hydroxyl groups is 1. The van der Waals surface area contributed by atoms with Gasteiger partial charge in [-0.15, -0.1) is 0 Å². The summed E-state index contributed by atoms with van der Waals surface area (Å²) in [6.45, 7) is 1.90. The Balaban J connectivity index is 2.24. The first-order valence-electron chi connectivity index (χ1n) is 6.50. The van der Waals surface area contributed by atoms with Crippen molar-refractivity contribution in [2.75, 3.05) is 6.54 Å². The highest BCUT2D eigenvalue weighted by Crippen LogP contribution is 2.31. The number of carboxylic acids is 1. The first kappa shape index (κ1) is 15.8. The Hall–Kier alpha value is -1.60. The summed E-state index contributed by atoms with van der Waals surface area (Å²) in [5.74, 6) is -1.07. The van der Waals surface area contributed by atoms with Gasteiger partial charge >= 0.3 is 12.1 Å². The van der Waals surface area contributed by atoms with Gasteiger partial charge in [0.25, 0.3) is 0 Å². The SMILES string of the molecule is Cc1ccc(C(F)(F)F)cc1CN1C[C@H](O)C[C@H]1C(=O)O. The summed E-state index contributed by atoms with van der Waals surface area (Å²) >= 11 is 0. The molecule has 2 N–H and O–H groups in total. The van der Waals surface area contributed by atoms with Gasteiger partial charge in [0.05, 0.1) is 11.7 Å². The number of β-amino-alcohol motifs (C(OH)–C–C–N with tert-alkyl or cyclic N) is 1. The minimum atomic E-state index is -4.43. The van der Waals surface area contributed by atoms with E-state index < -0.39 is 29.9 Å². The van der Waals surface area contributed by atoms with Crippen LogP contribution in [0.1, 0.15) is 23.1 Å². The first-order chi connectivity index (χ1) is 9.68. The number of nitrogens with zero attached hydrogens (tertiary/aromatic N) is 1. The molecule has 116 valence electrons. The van der Waals surface area contributed by atoms with Crippen molar-refractivity contribution in [2.24, 2.45) is 0 Å². The van der Waals surface area contributed by atoms with Gasteiger partial charge in [0.1, 0.15) is 6.04 Å². The van der Waals surface area contributed by atoms with Crippen LogP contribution in [0, 0.1) is 6.92 Å². The number of hydrogen-bond acceptors (Lipinski definition) is 3. The Morgan fingerprint density at radius 2 is 2.10 bits per heavy atom. The third-order valence-corrected chi connectivity index (χ3v) is 3.72. The second kappa shape index (κ2) is 5.65. The zero-order valence-electron chi connectivity index (χ0n) is 11.4. The molecule has 0 saturated carbocycles. The molecule has 0 radical (unpaired) electrons. The van der Waals surface area contributed by atoms with Gasteiger partial charge in [0.15, 0.2) is 0 Å². The highest BCUT2D eigenvalue weighted by molar-refractivity contribution is 5.74. The van der Waals surface area contributed by atoms with Gasteiger partial charge in [0, 0.05) is 19.5 Å². The number of carboxylic acid groups (broad SMARTS) is 1. The first-order valence-corrected chi connectivity index (χ1v) is 6.50. The smallest absolute Gasteiger partial charge is 0.416 e. The van der Waals surface area contributed by atoms with Gasteiger partial charge in [-0.05, 0) is 30.2 Å². The maximum Gasteiger partial charge on any atom is 0.416 e. The summed E-state index contributed by atoms with van der Waals surface area (Å²) in [5, 5.41) is 18.7. The quantitative estimate of drug-likeness (QED) is 0.897. The fourth-order valence-electron chi connectivity index (χ4n) is 2.55. The maximum absolute atomic E-state index is 12.7. The van der Waals surface area contributed by atoms with Crippen molar-refractivity contribution < 1.29 is 28.2 Å². The second-order valence-corrected chi connectivity index (χ2v) is 5.31. The lowest BCUT2D eigenvalue weighted by molar-refractivity contribution is -0.142. The standard InChI is InChI=1S/C14H16F3NO3/c1-8-2-3-10(14(15,16)17)4-9(8)6-18-7-11(19)5-12(18)13(20)21/h2-4,11-12,19H,5-7H2,1H3,(H,20,21)/t11-,12+/m1/s1. The summed E-state index contributed by atoms with van der Waals surface area (Å²) in [7, 11) is 0. The molecule has 0 bridgehead atoms. The molecule has 1 fully saturated rings. The van der Waals surface area contributed by atoms with Crippen LogP contribution in [-0.4, -0.2) is 39.8 Å². The lowest BCUT2D eigenvalue weighted by atomic mass is 10.0. The van der Waals surface area contributed by atoms with Crippen molar-refractivity contribution in [3.05, 3.63) is 34.9 Å². The minimum absolute atomic E-state index is 0.0732. The average molecular weight is 303 g/mol. The summed E-state index contributed by atoms with van der Waals surface area (Å²) in [6, 6.07) is 2.56. The monoisotopic (exact) mass is 303 g/mol. The second-order valence-electron chi connectivity index (χ2n) is 5.31. The molecule has 0 unspecified atom stereocenters. The Morgan fingerprint density at radius 3 is 2.67 bits per heavy atom. The summed E-state index contributed by atoms with van der Waals surface area (Å²) in [4.78, 5) is 12.6. The number of aryl methyl sites for hydroxylation is 1. The van der Waals surface area contributed by atoms with Gasteiger partial charge < -0.3 is 10.2 Å². The molecule has 1 aromatic carbocycles. The Labute approximate surface area is 119 Å². The molecule has 1 heterocycles. The van der Waals surface area contributed by atoms with Gasteiger partial charge in [0.2, 0.25) is 0 Å². The molecule has 4 nitrogen and oxygen atoms in total. The van der Waals surface area contributed by atoms with E-state index in [1.54, 1.807) is 6.92 Å². The van der Waals surface area contributed by atoms with Crippen molar-refractivity contribution in [1.29, 1.82) is 0 Å². The fraction of sp³-hybridized carbons (Fsp3) is 0.500. The van der Waals surface area contributed by atoms with Crippen molar-refractivity contribution >= 4 is 5.97 Å². The third kappa shape index (κ3) is 3.54. The Bertz CT molecular complexity index is 545. The van der Waals surface area contributed by atoms with Gasteiger partial charge in [-0.25, -0.2) is 0 Å². The summed E-state index contributed by atoms with van der Waals surface area (Å²) in [6.07, 6.45) is -5.11. The predicted molar refractivity (Wildman–Crippen MR) is 68.6 cm³/mol. The van der Waals surface area contributed by atoms with Crippen LogP contribution in [-0.2, 0) is 17.5 Å². The van der Waals surface area contributed by atoms with E-state index in [9.17, 15) is 23.1 Å². The van der Waals surface area contributed by atoms with Crippen LogP contribution in [0.4, 0.5) is 13.2 Å². The molecule has 1 aliphatic heterocycles. The summed E-state index contributed by atoms with van der Waals surface area (Å²) < 4.78 is 38.2. The average Bonchev–Trinajstić information content (AvgIpc) is 2.72. The number of aliphatic hydroxyl groups excluding tert-OH is 1. The van der Waals surface area contributed by atoms with E-state index in [0.29, 0.717) is 11.1 Å². The number of carbonyl (C=O) groups is 1. The van der Waals surface area contributed by atoms with Crippen LogP contribution in [0.15, 0.2) is 18.2 Å². The number of aliphatic carboxylic acids is 1. The van der Waals surface area contributed by atoms with Gasteiger partial charge in [-0.3, -0.25) is 9.69 Å². The van der Waals surface area contributed by atoms with E-state index in [4.69, 9.17) is 5.11 Å². The molecule has 21 heavy (non-hydrogen) atoms. The predicted octanol–water partition coefficient (Wildman–Crippen LogP) is 2.03. The molecule has 1 saturated heterocycles. The lowest BCUT2D eigenvalue weighted by Gasteiger charge is -2.22. The third-order valence-electron chi connectivity index (χ3n) is 3.72. The molecule has 7 heteroatoms. The number of benzene rings is 1. The van der Waals surface area contributed by atoms with E-state index >= 15 is 0 Å². The highest BCUT2D eigenvalue weighted by atomic mass is 19.4. The molecule has 0 aliphatic carbocycles.